The number of nitrogens with two attached hydrogens (primary N) is 2. The molecular weight excluding hydrogens is 192 g/mol. The molecule has 2 aromatic heterocycles. The number of rotatable bonds is 1. The quantitative estimate of drug-likeness (QED) is 0.734. The molecule has 5 heteroatoms. The van der Waals surface area contributed by atoms with Crippen molar-refractivity contribution >= 4 is 11.5 Å². The Labute approximate surface area is 87.1 Å². The molecule has 0 aliphatic carbocycles. The minimum atomic E-state index is 0.326. The topological polar surface area (TPSA) is 91.0 Å². The van der Waals surface area contributed by atoms with Crippen LogP contribution in [0.15, 0.2) is 16.7 Å². The van der Waals surface area contributed by atoms with Crippen molar-refractivity contribution < 1.29 is 4.52 Å². The third-order valence-corrected chi connectivity index (χ3v) is 2.25. The first-order valence-electron chi connectivity index (χ1n) is 4.55. The van der Waals surface area contributed by atoms with E-state index < -0.39 is 0 Å². The molecule has 0 aliphatic heterocycles. The lowest BCUT2D eigenvalue weighted by Gasteiger charge is -2.02. The van der Waals surface area contributed by atoms with Gasteiger partial charge >= 0.3 is 0 Å². The Morgan fingerprint density at radius 1 is 1.20 bits per heavy atom. The zero-order valence-corrected chi connectivity index (χ0v) is 8.61. The van der Waals surface area contributed by atoms with Crippen molar-refractivity contribution in [2.45, 2.75) is 13.8 Å². The fraction of sp³-hybridized carbons (Fsp3) is 0.200. The van der Waals surface area contributed by atoms with Gasteiger partial charge in [-0.15, -0.1) is 0 Å². The van der Waals surface area contributed by atoms with E-state index in [4.69, 9.17) is 16.0 Å². The Morgan fingerprint density at radius 2 is 1.93 bits per heavy atom. The molecule has 0 unspecified atom stereocenters. The van der Waals surface area contributed by atoms with E-state index in [-0.39, 0.29) is 0 Å². The smallest absolute Gasteiger partial charge is 0.147 e. The summed E-state index contributed by atoms with van der Waals surface area (Å²) in [6.45, 7) is 3.70. The van der Waals surface area contributed by atoms with Crippen molar-refractivity contribution in [3.8, 4) is 11.3 Å². The van der Waals surface area contributed by atoms with Crippen molar-refractivity contribution in [1.82, 2.24) is 10.1 Å². The van der Waals surface area contributed by atoms with Crippen LogP contribution in [0, 0.1) is 13.8 Å². The van der Waals surface area contributed by atoms with Crippen LogP contribution in [0.4, 0.5) is 11.5 Å². The first-order chi connectivity index (χ1) is 7.09. The number of hydrogen-bond acceptors (Lipinski definition) is 5. The van der Waals surface area contributed by atoms with Crippen molar-refractivity contribution in [3.63, 3.8) is 0 Å². The standard InChI is InChI=1S/C10H12N4O/c1-5-9(6(2)15-14-5)8-4-3-7(11)10(12)13-8/h3-4H,11H2,1-2H3,(H2,12,13). The number of aryl methyl sites for hydroxylation is 2. The van der Waals surface area contributed by atoms with Gasteiger partial charge in [0.2, 0.25) is 0 Å². The van der Waals surface area contributed by atoms with E-state index in [1.54, 1.807) is 12.1 Å². The second-order valence-electron chi connectivity index (χ2n) is 3.37. The van der Waals surface area contributed by atoms with Crippen LogP contribution < -0.4 is 11.5 Å². The van der Waals surface area contributed by atoms with Gasteiger partial charge in [-0.05, 0) is 26.0 Å². The highest BCUT2D eigenvalue weighted by atomic mass is 16.5. The van der Waals surface area contributed by atoms with E-state index in [9.17, 15) is 0 Å². The van der Waals surface area contributed by atoms with E-state index in [2.05, 4.69) is 10.1 Å². The van der Waals surface area contributed by atoms with Crippen LogP contribution in [0.25, 0.3) is 11.3 Å². The average Bonchev–Trinajstić information content (AvgIpc) is 2.52. The molecule has 2 aromatic rings. The number of nitrogens with zero attached hydrogens (tertiary/aromatic N) is 2. The second-order valence-corrected chi connectivity index (χ2v) is 3.37. The summed E-state index contributed by atoms with van der Waals surface area (Å²) in [6, 6.07) is 3.53. The van der Waals surface area contributed by atoms with Crippen LogP contribution in [0.2, 0.25) is 0 Å². The normalized spacial score (nSPS) is 10.5. The summed E-state index contributed by atoms with van der Waals surface area (Å²) in [4.78, 5) is 4.19. The summed E-state index contributed by atoms with van der Waals surface area (Å²) >= 11 is 0. The Balaban J connectivity index is 2.59. The molecule has 0 saturated heterocycles. The maximum absolute atomic E-state index is 5.64. The predicted octanol–water partition coefficient (Wildman–Crippen LogP) is 1.52. The van der Waals surface area contributed by atoms with Crippen LogP contribution in [0.3, 0.4) is 0 Å². The number of pyridine rings is 1. The van der Waals surface area contributed by atoms with Crippen LogP contribution in [-0.4, -0.2) is 10.1 Å². The van der Waals surface area contributed by atoms with E-state index in [1.165, 1.54) is 0 Å². The van der Waals surface area contributed by atoms with Gasteiger partial charge in [-0.25, -0.2) is 4.98 Å². The first kappa shape index (κ1) is 9.51. The van der Waals surface area contributed by atoms with Crippen molar-refractivity contribution in [3.05, 3.63) is 23.6 Å². The minimum absolute atomic E-state index is 0.326. The Kier molecular flexibility index (Phi) is 2.07. The molecule has 0 atom stereocenters. The third kappa shape index (κ3) is 1.52. The molecule has 5 nitrogen and oxygen atoms in total. The SMILES string of the molecule is Cc1noc(C)c1-c1ccc(N)c(N)n1. The van der Waals surface area contributed by atoms with Crippen molar-refractivity contribution in [1.29, 1.82) is 0 Å². The van der Waals surface area contributed by atoms with Crippen molar-refractivity contribution in [2.24, 2.45) is 0 Å². The molecule has 2 heterocycles. The Hall–Kier alpha value is -2.04. The lowest BCUT2D eigenvalue weighted by atomic mass is 10.1. The minimum Gasteiger partial charge on any atom is -0.396 e. The van der Waals surface area contributed by atoms with Gasteiger partial charge in [0.25, 0.3) is 0 Å². The van der Waals surface area contributed by atoms with Gasteiger partial charge in [-0.3, -0.25) is 0 Å². The average molecular weight is 204 g/mol. The van der Waals surface area contributed by atoms with Gasteiger partial charge in [0.1, 0.15) is 11.6 Å². The van der Waals surface area contributed by atoms with Crippen LogP contribution >= 0.6 is 0 Å². The summed E-state index contributed by atoms with van der Waals surface area (Å²) < 4.78 is 5.06. The molecule has 0 amide bonds. The van der Waals surface area contributed by atoms with Gasteiger partial charge in [-0.2, -0.15) is 0 Å². The molecule has 0 radical (unpaired) electrons. The number of hydrogen-bond donors (Lipinski definition) is 2. The van der Waals surface area contributed by atoms with Gasteiger partial charge < -0.3 is 16.0 Å². The van der Waals surface area contributed by atoms with Gasteiger partial charge in [0, 0.05) is 0 Å². The van der Waals surface area contributed by atoms with Gasteiger partial charge in [0.05, 0.1) is 22.6 Å². The molecule has 2 rings (SSSR count). The summed E-state index contributed by atoms with van der Waals surface area (Å²) in [5, 5.41) is 3.86. The summed E-state index contributed by atoms with van der Waals surface area (Å²) in [5.74, 6) is 1.05. The molecule has 0 fully saturated rings. The first-order valence-corrected chi connectivity index (χ1v) is 4.55. The van der Waals surface area contributed by atoms with E-state index >= 15 is 0 Å². The molecular formula is C10H12N4O. The monoisotopic (exact) mass is 204 g/mol. The fourth-order valence-corrected chi connectivity index (χ4v) is 1.47. The van der Waals surface area contributed by atoms with E-state index in [0.29, 0.717) is 11.5 Å². The van der Waals surface area contributed by atoms with Gasteiger partial charge in [0.15, 0.2) is 0 Å². The molecule has 0 bridgehead atoms. The molecule has 0 saturated carbocycles. The molecule has 0 spiro atoms. The Morgan fingerprint density at radius 3 is 2.47 bits per heavy atom. The molecule has 15 heavy (non-hydrogen) atoms. The molecule has 0 aromatic carbocycles. The van der Waals surface area contributed by atoms with Crippen LogP contribution in [0.5, 0.6) is 0 Å². The van der Waals surface area contributed by atoms with Crippen LogP contribution in [-0.2, 0) is 0 Å². The zero-order chi connectivity index (χ0) is 11.0. The number of nitrogen functional groups attached to an aromatic ring is 2. The molecule has 78 valence electrons. The highest BCUT2D eigenvalue weighted by Crippen LogP contribution is 2.27. The largest absolute Gasteiger partial charge is 0.396 e. The highest BCUT2D eigenvalue weighted by molar-refractivity contribution is 5.69. The van der Waals surface area contributed by atoms with E-state index in [1.807, 2.05) is 13.8 Å². The summed E-state index contributed by atoms with van der Waals surface area (Å²) in [5.41, 5.74) is 14.1. The molecule has 4 N–H and O–H groups in total. The molecule has 0 aliphatic rings. The number of anilines is 2. The van der Waals surface area contributed by atoms with Crippen LogP contribution in [0.1, 0.15) is 11.5 Å². The summed E-state index contributed by atoms with van der Waals surface area (Å²) in [7, 11) is 0. The highest BCUT2D eigenvalue weighted by Gasteiger charge is 2.13. The second kappa shape index (κ2) is 3.27. The van der Waals surface area contributed by atoms with Gasteiger partial charge in [-0.1, -0.05) is 5.16 Å². The van der Waals surface area contributed by atoms with E-state index in [0.717, 1.165) is 22.7 Å². The maximum Gasteiger partial charge on any atom is 0.147 e. The fourth-order valence-electron chi connectivity index (χ4n) is 1.47. The number of aromatic nitrogens is 2. The Bertz CT molecular complexity index is 485. The third-order valence-electron chi connectivity index (χ3n) is 2.25. The zero-order valence-electron chi connectivity index (χ0n) is 8.61. The maximum atomic E-state index is 5.64. The summed E-state index contributed by atoms with van der Waals surface area (Å²) in [6.07, 6.45) is 0. The predicted molar refractivity (Wildman–Crippen MR) is 58.0 cm³/mol. The lowest BCUT2D eigenvalue weighted by molar-refractivity contribution is 0.393. The van der Waals surface area contributed by atoms with Crippen molar-refractivity contribution in [2.75, 3.05) is 11.5 Å². The lowest BCUT2D eigenvalue weighted by Crippen LogP contribution is -1.99.